The second-order valence-corrected chi connectivity index (χ2v) is 6.57. The summed E-state index contributed by atoms with van der Waals surface area (Å²) in [6.07, 6.45) is 0. The van der Waals surface area contributed by atoms with Crippen LogP contribution in [0.15, 0.2) is 12.1 Å². The minimum absolute atomic E-state index is 0.119. The molecular formula is C16H25NO. The molecule has 1 aromatic rings. The van der Waals surface area contributed by atoms with Crippen molar-refractivity contribution >= 4 is 5.69 Å². The molecule has 0 saturated heterocycles. The smallest absolute Gasteiger partial charge is 0.126 e. The third kappa shape index (κ3) is 2.33. The van der Waals surface area contributed by atoms with Crippen LogP contribution in [0.25, 0.3) is 0 Å². The maximum absolute atomic E-state index is 5.94. The average Bonchev–Trinajstić information content (AvgIpc) is 2.53. The SMILES string of the molecule is CC(C)Nc1cc(C(C)C)c2c(c1)C(C)(C)CO2. The number of rotatable bonds is 3. The van der Waals surface area contributed by atoms with Gasteiger partial charge in [-0.3, -0.25) is 0 Å². The lowest BCUT2D eigenvalue weighted by molar-refractivity contribution is 0.288. The molecule has 100 valence electrons. The van der Waals surface area contributed by atoms with Crippen molar-refractivity contribution < 1.29 is 4.74 Å². The summed E-state index contributed by atoms with van der Waals surface area (Å²) >= 11 is 0. The van der Waals surface area contributed by atoms with Gasteiger partial charge in [-0.25, -0.2) is 0 Å². The van der Waals surface area contributed by atoms with E-state index < -0.39 is 0 Å². The maximum atomic E-state index is 5.94. The van der Waals surface area contributed by atoms with E-state index in [1.165, 1.54) is 16.8 Å². The zero-order chi connectivity index (χ0) is 13.5. The normalized spacial score (nSPS) is 16.9. The molecule has 0 unspecified atom stereocenters. The van der Waals surface area contributed by atoms with Gasteiger partial charge in [0.15, 0.2) is 0 Å². The zero-order valence-corrected chi connectivity index (χ0v) is 12.4. The summed E-state index contributed by atoms with van der Waals surface area (Å²) in [5.74, 6) is 1.60. The van der Waals surface area contributed by atoms with Crippen LogP contribution in [0.5, 0.6) is 5.75 Å². The van der Waals surface area contributed by atoms with Crippen LogP contribution in [0, 0.1) is 0 Å². The molecule has 1 N–H and O–H groups in total. The Morgan fingerprint density at radius 1 is 1.17 bits per heavy atom. The highest BCUT2D eigenvalue weighted by molar-refractivity contribution is 5.60. The minimum atomic E-state index is 0.119. The Bertz CT molecular complexity index is 447. The molecular weight excluding hydrogens is 222 g/mol. The third-order valence-electron chi connectivity index (χ3n) is 3.50. The molecule has 2 heteroatoms. The molecule has 0 aliphatic carbocycles. The fraction of sp³-hybridized carbons (Fsp3) is 0.625. The van der Waals surface area contributed by atoms with Gasteiger partial charge in [0.05, 0.1) is 6.61 Å². The fourth-order valence-corrected chi connectivity index (χ4v) is 2.49. The summed E-state index contributed by atoms with van der Waals surface area (Å²) < 4.78 is 5.94. The topological polar surface area (TPSA) is 21.3 Å². The van der Waals surface area contributed by atoms with E-state index in [9.17, 15) is 0 Å². The molecule has 0 atom stereocenters. The van der Waals surface area contributed by atoms with E-state index in [-0.39, 0.29) is 5.41 Å². The minimum Gasteiger partial charge on any atom is -0.492 e. The number of hydrogen-bond donors (Lipinski definition) is 1. The standard InChI is InChI=1S/C16H25NO/c1-10(2)13-7-12(17-11(3)4)8-14-15(13)18-9-16(14,5)6/h7-8,10-11,17H,9H2,1-6H3. The van der Waals surface area contributed by atoms with E-state index in [4.69, 9.17) is 4.74 Å². The predicted molar refractivity (Wildman–Crippen MR) is 77.8 cm³/mol. The quantitative estimate of drug-likeness (QED) is 0.859. The number of nitrogens with one attached hydrogen (secondary N) is 1. The van der Waals surface area contributed by atoms with Crippen molar-refractivity contribution in [2.75, 3.05) is 11.9 Å². The molecule has 1 heterocycles. The molecule has 1 aliphatic heterocycles. The Hall–Kier alpha value is -1.18. The predicted octanol–water partition coefficient (Wildman–Crippen LogP) is 4.30. The average molecular weight is 247 g/mol. The highest BCUT2D eigenvalue weighted by Crippen LogP contribution is 2.44. The van der Waals surface area contributed by atoms with Crippen molar-refractivity contribution in [1.82, 2.24) is 0 Å². The summed E-state index contributed by atoms with van der Waals surface area (Å²) in [4.78, 5) is 0. The number of benzene rings is 1. The van der Waals surface area contributed by atoms with Crippen molar-refractivity contribution in [2.24, 2.45) is 0 Å². The second kappa shape index (κ2) is 4.49. The Balaban J connectivity index is 2.52. The van der Waals surface area contributed by atoms with Gasteiger partial charge < -0.3 is 10.1 Å². The van der Waals surface area contributed by atoms with Crippen molar-refractivity contribution in [3.63, 3.8) is 0 Å². The van der Waals surface area contributed by atoms with E-state index in [0.29, 0.717) is 12.0 Å². The van der Waals surface area contributed by atoms with E-state index in [1.807, 2.05) is 0 Å². The van der Waals surface area contributed by atoms with Gasteiger partial charge in [0.25, 0.3) is 0 Å². The number of anilines is 1. The van der Waals surface area contributed by atoms with Crippen LogP contribution in [0.1, 0.15) is 58.6 Å². The van der Waals surface area contributed by atoms with Crippen LogP contribution < -0.4 is 10.1 Å². The lowest BCUT2D eigenvalue weighted by atomic mass is 9.84. The summed E-state index contributed by atoms with van der Waals surface area (Å²) in [6.45, 7) is 14.1. The van der Waals surface area contributed by atoms with Gasteiger partial charge in [-0.15, -0.1) is 0 Å². The molecule has 18 heavy (non-hydrogen) atoms. The van der Waals surface area contributed by atoms with Gasteiger partial charge in [0.2, 0.25) is 0 Å². The molecule has 0 amide bonds. The summed E-state index contributed by atoms with van der Waals surface area (Å²) in [6, 6.07) is 4.95. The lowest BCUT2D eigenvalue weighted by Gasteiger charge is -2.20. The van der Waals surface area contributed by atoms with Crippen LogP contribution in [0.3, 0.4) is 0 Å². The first kappa shape index (κ1) is 13.3. The Morgan fingerprint density at radius 3 is 2.39 bits per heavy atom. The Kier molecular flexibility index (Phi) is 3.31. The molecule has 0 radical (unpaired) electrons. The van der Waals surface area contributed by atoms with Gasteiger partial charge in [-0.1, -0.05) is 27.7 Å². The summed E-state index contributed by atoms with van der Waals surface area (Å²) in [5.41, 5.74) is 4.00. The monoisotopic (exact) mass is 247 g/mol. The molecule has 0 saturated carbocycles. The van der Waals surface area contributed by atoms with Crippen LogP contribution in [-0.2, 0) is 5.41 Å². The highest BCUT2D eigenvalue weighted by Gasteiger charge is 2.34. The zero-order valence-electron chi connectivity index (χ0n) is 12.4. The molecule has 0 aromatic heterocycles. The van der Waals surface area contributed by atoms with Gasteiger partial charge in [0, 0.05) is 22.7 Å². The van der Waals surface area contributed by atoms with Gasteiger partial charge >= 0.3 is 0 Å². The summed E-state index contributed by atoms with van der Waals surface area (Å²) in [7, 11) is 0. The van der Waals surface area contributed by atoms with Crippen LogP contribution in [0.2, 0.25) is 0 Å². The molecule has 2 rings (SSSR count). The van der Waals surface area contributed by atoms with E-state index in [2.05, 4.69) is 59.0 Å². The Morgan fingerprint density at radius 2 is 1.83 bits per heavy atom. The lowest BCUT2D eigenvalue weighted by Crippen LogP contribution is -2.18. The van der Waals surface area contributed by atoms with Crippen LogP contribution in [0.4, 0.5) is 5.69 Å². The number of fused-ring (bicyclic) bond motifs is 1. The number of ether oxygens (including phenoxy) is 1. The molecule has 1 aliphatic rings. The molecule has 0 bridgehead atoms. The van der Waals surface area contributed by atoms with Crippen molar-refractivity contribution in [2.45, 2.75) is 58.9 Å². The van der Waals surface area contributed by atoms with Gasteiger partial charge in [-0.05, 0) is 37.5 Å². The van der Waals surface area contributed by atoms with Crippen LogP contribution >= 0.6 is 0 Å². The largest absolute Gasteiger partial charge is 0.492 e. The first-order chi connectivity index (χ1) is 8.31. The van der Waals surface area contributed by atoms with Crippen LogP contribution in [-0.4, -0.2) is 12.6 Å². The highest BCUT2D eigenvalue weighted by atomic mass is 16.5. The molecule has 1 aromatic carbocycles. The van der Waals surface area contributed by atoms with E-state index in [0.717, 1.165) is 12.4 Å². The van der Waals surface area contributed by atoms with Crippen molar-refractivity contribution in [3.8, 4) is 5.75 Å². The fourth-order valence-electron chi connectivity index (χ4n) is 2.49. The first-order valence-electron chi connectivity index (χ1n) is 6.89. The third-order valence-corrected chi connectivity index (χ3v) is 3.50. The van der Waals surface area contributed by atoms with E-state index >= 15 is 0 Å². The molecule has 0 spiro atoms. The summed E-state index contributed by atoms with van der Waals surface area (Å²) in [5, 5.41) is 3.51. The Labute approximate surface area is 111 Å². The van der Waals surface area contributed by atoms with Crippen molar-refractivity contribution in [3.05, 3.63) is 23.3 Å². The second-order valence-electron chi connectivity index (χ2n) is 6.57. The maximum Gasteiger partial charge on any atom is 0.126 e. The molecule has 0 fully saturated rings. The van der Waals surface area contributed by atoms with Crippen molar-refractivity contribution in [1.29, 1.82) is 0 Å². The van der Waals surface area contributed by atoms with Gasteiger partial charge in [-0.2, -0.15) is 0 Å². The van der Waals surface area contributed by atoms with E-state index in [1.54, 1.807) is 0 Å². The molecule has 2 nitrogen and oxygen atoms in total. The number of hydrogen-bond acceptors (Lipinski definition) is 2. The van der Waals surface area contributed by atoms with Gasteiger partial charge in [0.1, 0.15) is 5.75 Å². The first-order valence-corrected chi connectivity index (χ1v) is 6.89.